The number of carbonyl (C=O) groups is 2. The minimum atomic E-state index is -0.731. The molecule has 0 aliphatic carbocycles. The molecule has 6 nitrogen and oxygen atoms in total. The number of nitrogens with one attached hydrogen (secondary N) is 2. The van der Waals surface area contributed by atoms with Crippen LogP contribution in [0.5, 0.6) is 0 Å². The molecule has 2 aromatic carbocycles. The number of thiophene rings is 1. The Labute approximate surface area is 177 Å². The van der Waals surface area contributed by atoms with Crippen molar-refractivity contribution in [3.63, 3.8) is 0 Å². The maximum Gasteiger partial charge on any atom is 0.313 e. The Morgan fingerprint density at radius 1 is 1.07 bits per heavy atom. The van der Waals surface area contributed by atoms with Crippen LogP contribution >= 0.6 is 11.3 Å². The van der Waals surface area contributed by atoms with Crippen LogP contribution in [0.4, 0.5) is 11.4 Å². The number of anilines is 2. The number of nitrogens with zero attached hydrogens (tertiary/aromatic N) is 1. The van der Waals surface area contributed by atoms with E-state index < -0.39 is 11.8 Å². The fourth-order valence-electron chi connectivity index (χ4n) is 3.14. The molecule has 0 spiro atoms. The molecule has 4 N–H and O–H groups in total. The maximum atomic E-state index is 12.4. The molecule has 2 amide bonds. The molecule has 2 aromatic heterocycles. The molecule has 0 bridgehead atoms. The zero-order chi connectivity index (χ0) is 21.1. The van der Waals surface area contributed by atoms with Gasteiger partial charge in [0.05, 0.1) is 0 Å². The minimum Gasteiger partial charge on any atom is -0.398 e. The van der Waals surface area contributed by atoms with E-state index in [0.717, 1.165) is 31.7 Å². The fourth-order valence-corrected chi connectivity index (χ4v) is 4.24. The van der Waals surface area contributed by atoms with Gasteiger partial charge in [0.1, 0.15) is 0 Å². The number of aryl methyl sites for hydroxylation is 1. The average Bonchev–Trinajstić information content (AvgIpc) is 3.19. The lowest BCUT2D eigenvalue weighted by Gasteiger charge is -2.12. The van der Waals surface area contributed by atoms with E-state index in [4.69, 9.17) is 5.73 Å². The maximum absolute atomic E-state index is 12.4. The highest BCUT2D eigenvalue weighted by Gasteiger charge is 2.16. The van der Waals surface area contributed by atoms with Crippen molar-refractivity contribution < 1.29 is 9.59 Å². The van der Waals surface area contributed by atoms with Crippen molar-refractivity contribution in [3.8, 4) is 10.4 Å². The van der Waals surface area contributed by atoms with Gasteiger partial charge in [0.25, 0.3) is 0 Å². The van der Waals surface area contributed by atoms with Crippen molar-refractivity contribution in [2.75, 3.05) is 11.1 Å². The van der Waals surface area contributed by atoms with Gasteiger partial charge in [-0.1, -0.05) is 24.3 Å². The topological polar surface area (TPSA) is 97.1 Å². The smallest absolute Gasteiger partial charge is 0.313 e. The summed E-state index contributed by atoms with van der Waals surface area (Å²) in [6, 6.07) is 17.3. The van der Waals surface area contributed by atoms with Crippen LogP contribution in [0.1, 0.15) is 11.1 Å². The first-order valence-corrected chi connectivity index (χ1v) is 10.2. The van der Waals surface area contributed by atoms with Gasteiger partial charge in [0.2, 0.25) is 0 Å². The van der Waals surface area contributed by atoms with Crippen LogP contribution in [0.25, 0.3) is 20.5 Å². The molecule has 4 aromatic rings. The lowest BCUT2D eigenvalue weighted by molar-refractivity contribution is -0.136. The number of carbonyl (C=O) groups excluding carboxylic acids is 2. The predicted octanol–water partition coefficient (Wildman–Crippen LogP) is 4.11. The summed E-state index contributed by atoms with van der Waals surface area (Å²) in [5, 5.41) is 6.41. The molecule has 0 saturated carbocycles. The SMILES string of the molecule is Cc1cc(NC(=O)C(=O)NCc2cccnc2)cc(-c2cc3ccccc3s2)c1N. The molecule has 0 aliphatic heterocycles. The first-order valence-electron chi connectivity index (χ1n) is 9.38. The summed E-state index contributed by atoms with van der Waals surface area (Å²) in [7, 11) is 0. The summed E-state index contributed by atoms with van der Waals surface area (Å²) >= 11 is 1.63. The Kier molecular flexibility index (Phi) is 5.45. The van der Waals surface area contributed by atoms with Crippen LogP contribution in [-0.4, -0.2) is 16.8 Å². The number of amides is 2. The number of rotatable bonds is 4. The van der Waals surface area contributed by atoms with Crippen LogP contribution in [0.15, 0.2) is 67.0 Å². The third-order valence-corrected chi connectivity index (χ3v) is 5.87. The highest BCUT2D eigenvalue weighted by molar-refractivity contribution is 7.22. The molecule has 0 radical (unpaired) electrons. The molecule has 0 fully saturated rings. The van der Waals surface area contributed by atoms with Crippen LogP contribution in [0, 0.1) is 6.92 Å². The Morgan fingerprint density at radius 2 is 1.90 bits per heavy atom. The fraction of sp³-hybridized carbons (Fsp3) is 0.0870. The number of hydrogen-bond donors (Lipinski definition) is 3. The Bertz CT molecular complexity index is 1200. The summed E-state index contributed by atoms with van der Waals surface area (Å²) in [5.41, 5.74) is 9.97. The highest BCUT2D eigenvalue weighted by atomic mass is 32.1. The Balaban J connectivity index is 1.53. The predicted molar refractivity (Wildman–Crippen MR) is 121 cm³/mol. The molecular weight excluding hydrogens is 396 g/mol. The monoisotopic (exact) mass is 416 g/mol. The van der Waals surface area contributed by atoms with Crippen molar-refractivity contribution in [2.45, 2.75) is 13.5 Å². The largest absolute Gasteiger partial charge is 0.398 e. The van der Waals surface area contributed by atoms with E-state index in [2.05, 4.69) is 33.8 Å². The molecule has 7 heteroatoms. The summed E-state index contributed by atoms with van der Waals surface area (Å²) in [4.78, 5) is 29.5. The number of nitrogen functional groups attached to an aromatic ring is 1. The standard InChI is InChI=1S/C23H20N4O2S/c1-14-9-17(27-23(29)22(28)26-13-15-5-4-8-25-12-15)11-18(21(14)24)20-10-16-6-2-3-7-19(16)30-20/h2-12H,13,24H2,1H3,(H,26,28)(H,27,29). The van der Waals surface area contributed by atoms with Crippen LogP contribution in [0.3, 0.4) is 0 Å². The van der Waals surface area contributed by atoms with Gasteiger partial charge in [-0.3, -0.25) is 14.6 Å². The van der Waals surface area contributed by atoms with Crippen molar-refractivity contribution in [1.29, 1.82) is 0 Å². The normalized spacial score (nSPS) is 10.7. The van der Waals surface area contributed by atoms with Gasteiger partial charge in [-0.15, -0.1) is 11.3 Å². The second kappa shape index (κ2) is 8.34. The van der Waals surface area contributed by atoms with Crippen LogP contribution in [0.2, 0.25) is 0 Å². The van der Waals surface area contributed by atoms with Crippen molar-refractivity contribution in [2.24, 2.45) is 0 Å². The van der Waals surface area contributed by atoms with E-state index in [0.29, 0.717) is 11.4 Å². The molecule has 0 unspecified atom stereocenters. The molecule has 2 heterocycles. The van der Waals surface area contributed by atoms with Gasteiger partial charge in [0, 0.05) is 45.5 Å². The lowest BCUT2D eigenvalue weighted by Crippen LogP contribution is -2.35. The summed E-state index contributed by atoms with van der Waals surface area (Å²) in [6.07, 6.45) is 3.29. The lowest BCUT2D eigenvalue weighted by atomic mass is 10.0. The van der Waals surface area contributed by atoms with Gasteiger partial charge in [-0.05, 0) is 53.8 Å². The molecule has 0 atom stereocenters. The summed E-state index contributed by atoms with van der Waals surface area (Å²) in [5.74, 6) is -1.44. The number of nitrogens with two attached hydrogens (primary N) is 1. The molecule has 0 saturated heterocycles. The minimum absolute atomic E-state index is 0.230. The molecule has 150 valence electrons. The van der Waals surface area contributed by atoms with E-state index in [9.17, 15) is 9.59 Å². The first kappa shape index (κ1) is 19.6. The van der Waals surface area contributed by atoms with Gasteiger partial charge >= 0.3 is 11.8 Å². The number of aromatic nitrogens is 1. The Morgan fingerprint density at radius 3 is 2.67 bits per heavy atom. The third kappa shape index (κ3) is 4.16. The third-order valence-electron chi connectivity index (χ3n) is 4.72. The zero-order valence-corrected chi connectivity index (χ0v) is 17.1. The van der Waals surface area contributed by atoms with Gasteiger partial charge < -0.3 is 16.4 Å². The Hall–Kier alpha value is -3.71. The van der Waals surface area contributed by atoms with E-state index in [-0.39, 0.29) is 6.54 Å². The second-order valence-electron chi connectivity index (χ2n) is 6.90. The van der Waals surface area contributed by atoms with Crippen molar-refractivity contribution in [1.82, 2.24) is 10.3 Å². The van der Waals surface area contributed by atoms with E-state index in [1.165, 1.54) is 0 Å². The van der Waals surface area contributed by atoms with E-state index in [1.54, 1.807) is 41.9 Å². The number of benzene rings is 2. The molecule has 0 aliphatic rings. The number of fused-ring (bicyclic) bond motifs is 1. The first-order chi connectivity index (χ1) is 14.5. The van der Waals surface area contributed by atoms with Gasteiger partial charge in [-0.25, -0.2) is 0 Å². The van der Waals surface area contributed by atoms with Crippen molar-refractivity contribution in [3.05, 3.63) is 78.1 Å². The second-order valence-corrected chi connectivity index (χ2v) is 7.98. The van der Waals surface area contributed by atoms with Crippen LogP contribution < -0.4 is 16.4 Å². The zero-order valence-electron chi connectivity index (χ0n) is 16.3. The molecule has 4 rings (SSSR count). The molecule has 30 heavy (non-hydrogen) atoms. The molecular formula is C23H20N4O2S. The quantitative estimate of drug-likeness (QED) is 0.344. The summed E-state index contributed by atoms with van der Waals surface area (Å²) in [6.45, 7) is 2.11. The highest BCUT2D eigenvalue weighted by Crippen LogP contribution is 2.38. The van der Waals surface area contributed by atoms with Gasteiger partial charge in [-0.2, -0.15) is 0 Å². The average molecular weight is 417 g/mol. The number of pyridine rings is 1. The van der Waals surface area contributed by atoms with E-state index >= 15 is 0 Å². The summed E-state index contributed by atoms with van der Waals surface area (Å²) < 4.78 is 1.16. The van der Waals surface area contributed by atoms with Gasteiger partial charge in [0.15, 0.2) is 0 Å². The number of hydrogen-bond acceptors (Lipinski definition) is 5. The van der Waals surface area contributed by atoms with E-state index in [1.807, 2.05) is 25.1 Å². The van der Waals surface area contributed by atoms with Crippen molar-refractivity contribution >= 4 is 44.6 Å². The van der Waals surface area contributed by atoms with Crippen LogP contribution in [-0.2, 0) is 16.1 Å².